The highest BCUT2D eigenvalue weighted by atomic mass is 28.4. The van der Waals surface area contributed by atoms with Gasteiger partial charge in [-0.15, -0.1) is 0 Å². The average molecular weight is 453 g/mol. The second-order valence-electron chi connectivity index (χ2n) is 9.54. The number of anilines is 1. The van der Waals surface area contributed by atoms with Crippen LogP contribution in [0.3, 0.4) is 0 Å². The summed E-state index contributed by atoms with van der Waals surface area (Å²) in [6, 6.07) is 18.3. The molecule has 0 spiro atoms. The van der Waals surface area contributed by atoms with Crippen molar-refractivity contribution in [1.29, 1.82) is 5.26 Å². The quantitative estimate of drug-likeness (QED) is 0.558. The number of carbonyl (C=O) groups is 1. The Hall–Kier alpha value is -2.66. The van der Waals surface area contributed by atoms with Crippen molar-refractivity contribution in [3.8, 4) is 11.8 Å². The van der Waals surface area contributed by atoms with E-state index >= 15 is 0 Å². The fourth-order valence-electron chi connectivity index (χ4n) is 3.46. The lowest BCUT2D eigenvalue weighted by Crippen LogP contribution is -2.50. The van der Waals surface area contributed by atoms with Crippen LogP contribution in [0, 0.1) is 11.3 Å². The molecule has 170 valence electrons. The van der Waals surface area contributed by atoms with Crippen molar-refractivity contribution in [1.82, 2.24) is 0 Å². The van der Waals surface area contributed by atoms with Gasteiger partial charge in [-0.25, -0.2) is 0 Å². The first-order valence-corrected chi connectivity index (χ1v) is 13.7. The highest BCUT2D eigenvalue weighted by Crippen LogP contribution is 2.41. The lowest BCUT2D eigenvalue weighted by molar-refractivity contribution is -0.131. The molecule has 7 heteroatoms. The van der Waals surface area contributed by atoms with Gasteiger partial charge in [0.05, 0.1) is 19.8 Å². The fraction of sp³-hybridized carbons (Fsp3) is 0.440. The van der Waals surface area contributed by atoms with Crippen LogP contribution in [-0.4, -0.2) is 39.6 Å². The minimum Gasteiger partial charge on any atom is -0.497 e. The van der Waals surface area contributed by atoms with E-state index in [0.29, 0.717) is 11.4 Å². The van der Waals surface area contributed by atoms with Crippen molar-refractivity contribution in [2.24, 2.45) is 0 Å². The predicted octanol–water partition coefficient (Wildman–Crippen LogP) is 4.91. The maximum Gasteiger partial charge on any atom is 0.260 e. The number of nitrogens with zero attached hydrogens (tertiary/aromatic N) is 2. The lowest BCUT2D eigenvalue weighted by Gasteiger charge is -2.39. The molecule has 1 fully saturated rings. The van der Waals surface area contributed by atoms with Crippen LogP contribution < -0.4 is 9.64 Å². The molecule has 1 heterocycles. The minimum atomic E-state index is -2.28. The third kappa shape index (κ3) is 4.88. The highest BCUT2D eigenvalue weighted by Gasteiger charge is 2.54. The van der Waals surface area contributed by atoms with E-state index in [4.69, 9.17) is 13.9 Å². The first kappa shape index (κ1) is 24.0. The zero-order valence-corrected chi connectivity index (χ0v) is 20.7. The van der Waals surface area contributed by atoms with Gasteiger partial charge in [0, 0.05) is 5.69 Å². The Balaban J connectivity index is 1.96. The molecule has 3 atom stereocenters. The van der Waals surface area contributed by atoms with Gasteiger partial charge >= 0.3 is 0 Å². The van der Waals surface area contributed by atoms with Crippen LogP contribution in [0.15, 0.2) is 54.6 Å². The lowest BCUT2D eigenvalue weighted by atomic mass is 10.1. The number of ether oxygens (including phenoxy) is 2. The summed E-state index contributed by atoms with van der Waals surface area (Å²) in [5, 5.41) is 10.0. The summed E-state index contributed by atoms with van der Waals surface area (Å²) >= 11 is 0. The molecule has 0 bridgehead atoms. The summed E-state index contributed by atoms with van der Waals surface area (Å²) in [4.78, 5) is 15.1. The van der Waals surface area contributed by atoms with E-state index in [1.165, 1.54) is 4.90 Å². The first-order chi connectivity index (χ1) is 15.1. The van der Waals surface area contributed by atoms with Gasteiger partial charge in [-0.2, -0.15) is 5.26 Å². The van der Waals surface area contributed by atoms with Crippen LogP contribution >= 0.6 is 0 Å². The Kier molecular flexibility index (Phi) is 7.08. The van der Waals surface area contributed by atoms with E-state index in [2.05, 4.69) is 39.9 Å². The predicted molar refractivity (Wildman–Crippen MR) is 127 cm³/mol. The molecule has 0 saturated carbocycles. The van der Waals surface area contributed by atoms with Gasteiger partial charge in [0.2, 0.25) is 0 Å². The molecule has 0 aromatic heterocycles. The monoisotopic (exact) mass is 452 g/mol. The third-order valence-electron chi connectivity index (χ3n) is 6.36. The molecule has 0 aliphatic carbocycles. The second-order valence-corrected chi connectivity index (χ2v) is 14.3. The van der Waals surface area contributed by atoms with Crippen molar-refractivity contribution < 1.29 is 18.7 Å². The molecule has 3 rings (SSSR count). The molecular weight excluding hydrogens is 420 g/mol. The molecule has 32 heavy (non-hydrogen) atoms. The van der Waals surface area contributed by atoms with Gasteiger partial charge in [-0.1, -0.05) is 51.1 Å². The van der Waals surface area contributed by atoms with E-state index in [1.54, 1.807) is 31.4 Å². The summed E-state index contributed by atoms with van der Waals surface area (Å²) < 4.78 is 18.0. The summed E-state index contributed by atoms with van der Waals surface area (Å²) in [5.41, 5.74) is 1.58. The van der Waals surface area contributed by atoms with Crippen LogP contribution in [0.5, 0.6) is 5.75 Å². The average Bonchev–Trinajstić information content (AvgIpc) is 3.02. The van der Waals surface area contributed by atoms with E-state index in [9.17, 15) is 10.1 Å². The van der Waals surface area contributed by atoms with Gasteiger partial charge in [0.15, 0.2) is 20.5 Å². The summed E-state index contributed by atoms with van der Waals surface area (Å²) in [6.45, 7) is 10.9. The molecule has 0 N–H and O–H groups in total. The van der Waals surface area contributed by atoms with Crippen LogP contribution in [0.2, 0.25) is 18.1 Å². The molecule has 6 nitrogen and oxygen atoms in total. The van der Waals surface area contributed by atoms with Gasteiger partial charge in [0.25, 0.3) is 5.91 Å². The molecule has 2 aromatic carbocycles. The van der Waals surface area contributed by atoms with Crippen molar-refractivity contribution in [3.05, 3.63) is 60.2 Å². The van der Waals surface area contributed by atoms with E-state index in [0.717, 1.165) is 5.56 Å². The number of methoxy groups -OCH3 is 1. The van der Waals surface area contributed by atoms with Gasteiger partial charge < -0.3 is 13.9 Å². The Morgan fingerprint density at radius 1 is 1.06 bits per heavy atom. The number of hydrogen-bond acceptors (Lipinski definition) is 5. The Bertz CT molecular complexity index is 964. The maximum absolute atomic E-state index is 13.6. The summed E-state index contributed by atoms with van der Waals surface area (Å²) in [7, 11) is -0.695. The maximum atomic E-state index is 13.6. The standard InChI is InChI=1S/C25H32N2O4Si/c1-25(2,3)32(5,6)31-22-21(16-26)27(19-12-14-20(29-4)15-13-19)24(28)23(22)30-17-18-10-8-7-9-11-18/h7-15,21-23H,17H2,1-6H3/t21-,22+,23-/m1/s1. The van der Waals surface area contributed by atoms with E-state index in [1.807, 2.05) is 30.3 Å². The summed E-state index contributed by atoms with van der Waals surface area (Å²) in [5.74, 6) is 0.418. The third-order valence-corrected chi connectivity index (χ3v) is 10.8. The highest BCUT2D eigenvalue weighted by molar-refractivity contribution is 6.74. The molecular formula is C25H32N2O4Si. The molecule has 1 saturated heterocycles. The second kappa shape index (κ2) is 9.45. The smallest absolute Gasteiger partial charge is 0.260 e. The molecule has 0 radical (unpaired) electrons. The van der Waals surface area contributed by atoms with Gasteiger partial charge in [-0.05, 0) is 48.0 Å². The normalized spacial score (nSPS) is 21.5. The van der Waals surface area contributed by atoms with Crippen molar-refractivity contribution in [3.63, 3.8) is 0 Å². The molecule has 0 unspecified atom stereocenters. The Morgan fingerprint density at radius 2 is 1.69 bits per heavy atom. The number of carbonyl (C=O) groups excluding carboxylic acids is 1. The molecule has 1 aliphatic heterocycles. The Labute approximate surface area is 191 Å². The zero-order chi connectivity index (χ0) is 23.5. The minimum absolute atomic E-state index is 0.0758. The first-order valence-electron chi connectivity index (χ1n) is 10.8. The van der Waals surface area contributed by atoms with Crippen LogP contribution in [-0.2, 0) is 20.6 Å². The van der Waals surface area contributed by atoms with Crippen LogP contribution in [0.4, 0.5) is 5.69 Å². The largest absolute Gasteiger partial charge is 0.497 e. The number of benzene rings is 2. The fourth-order valence-corrected chi connectivity index (χ4v) is 4.75. The van der Waals surface area contributed by atoms with Crippen molar-refractivity contribution in [2.75, 3.05) is 12.0 Å². The van der Waals surface area contributed by atoms with Crippen molar-refractivity contribution in [2.45, 2.75) is 63.8 Å². The van der Waals surface area contributed by atoms with Gasteiger partial charge in [0.1, 0.15) is 11.9 Å². The number of rotatable bonds is 7. The molecule has 1 aliphatic rings. The van der Waals surface area contributed by atoms with Gasteiger partial charge in [-0.3, -0.25) is 9.69 Å². The van der Waals surface area contributed by atoms with E-state index < -0.39 is 26.6 Å². The van der Waals surface area contributed by atoms with Crippen LogP contribution in [0.1, 0.15) is 26.3 Å². The number of nitriles is 1. The zero-order valence-electron chi connectivity index (χ0n) is 19.7. The number of hydrogen-bond donors (Lipinski definition) is 0. The molecule has 1 amide bonds. The van der Waals surface area contributed by atoms with E-state index in [-0.39, 0.29) is 17.6 Å². The van der Waals surface area contributed by atoms with Crippen molar-refractivity contribution >= 4 is 19.9 Å². The Morgan fingerprint density at radius 3 is 2.22 bits per heavy atom. The van der Waals surface area contributed by atoms with Crippen LogP contribution in [0.25, 0.3) is 0 Å². The number of amides is 1. The SMILES string of the molecule is COc1ccc(N2C(=O)[C@H](OCc3ccccc3)[C@@H](O[Si](C)(C)C(C)(C)C)[C@H]2C#N)cc1. The summed E-state index contributed by atoms with van der Waals surface area (Å²) in [6.07, 6.45) is -1.55. The topological polar surface area (TPSA) is 71.8 Å². The molecule has 2 aromatic rings.